The van der Waals surface area contributed by atoms with Crippen molar-refractivity contribution in [3.63, 3.8) is 0 Å². The highest BCUT2D eigenvalue weighted by Crippen LogP contribution is 2.30. The number of carbonyl (C=O) groups excluding carboxylic acids is 1. The van der Waals surface area contributed by atoms with E-state index in [2.05, 4.69) is 6.07 Å². The predicted octanol–water partition coefficient (Wildman–Crippen LogP) is 3.05. The number of benzene rings is 1. The van der Waals surface area contributed by atoms with Crippen LogP contribution < -0.4 is 4.90 Å². The highest BCUT2D eigenvalue weighted by molar-refractivity contribution is 5.90. The molecule has 1 aromatic rings. The molecule has 1 aliphatic heterocycles. The van der Waals surface area contributed by atoms with Gasteiger partial charge in [0.05, 0.1) is 18.2 Å². The third-order valence-electron chi connectivity index (χ3n) is 2.94. The molecule has 4 heteroatoms. The van der Waals surface area contributed by atoms with Crippen LogP contribution >= 0.6 is 0 Å². The molecule has 0 saturated heterocycles. The van der Waals surface area contributed by atoms with Gasteiger partial charge in [-0.1, -0.05) is 12.1 Å². The summed E-state index contributed by atoms with van der Waals surface area (Å²) in [6.45, 7) is 6.20. The van der Waals surface area contributed by atoms with Gasteiger partial charge in [0.15, 0.2) is 0 Å². The number of anilines is 1. The van der Waals surface area contributed by atoms with Crippen LogP contribution in [0, 0.1) is 11.3 Å². The quantitative estimate of drug-likeness (QED) is 0.778. The number of fused-ring (bicyclic) bond motifs is 1. The van der Waals surface area contributed by atoms with E-state index in [1.807, 2.05) is 39.0 Å². The van der Waals surface area contributed by atoms with Crippen molar-refractivity contribution < 1.29 is 9.53 Å². The Balaban J connectivity index is 2.23. The molecule has 0 radical (unpaired) electrons. The zero-order valence-corrected chi connectivity index (χ0v) is 11.6. The normalized spacial score (nSPS) is 13.9. The Morgan fingerprint density at radius 1 is 1.47 bits per heavy atom. The molecule has 1 heterocycles. The Kier molecular flexibility index (Phi) is 3.48. The van der Waals surface area contributed by atoms with Gasteiger partial charge in [-0.05, 0) is 44.4 Å². The van der Waals surface area contributed by atoms with Gasteiger partial charge in [-0.25, -0.2) is 4.79 Å². The molecular formula is C15H18N2O2. The number of ether oxygens (including phenoxy) is 1. The van der Waals surface area contributed by atoms with Crippen LogP contribution in [0.3, 0.4) is 0 Å². The van der Waals surface area contributed by atoms with Gasteiger partial charge in [-0.15, -0.1) is 0 Å². The van der Waals surface area contributed by atoms with Crippen LogP contribution in [0.4, 0.5) is 10.5 Å². The number of amides is 1. The van der Waals surface area contributed by atoms with Crippen LogP contribution in [0.25, 0.3) is 0 Å². The number of hydrogen-bond acceptors (Lipinski definition) is 3. The molecule has 0 bridgehead atoms. The summed E-state index contributed by atoms with van der Waals surface area (Å²) in [5, 5.41) is 8.74. The van der Waals surface area contributed by atoms with E-state index in [0.717, 1.165) is 23.2 Å². The number of nitriles is 1. The zero-order valence-electron chi connectivity index (χ0n) is 11.6. The lowest BCUT2D eigenvalue weighted by Gasteiger charge is -2.25. The SMILES string of the molecule is CC(C)(C)OC(=O)N1CCc2ccc(CC#N)cc21. The summed E-state index contributed by atoms with van der Waals surface area (Å²) in [7, 11) is 0. The van der Waals surface area contributed by atoms with Gasteiger partial charge in [0, 0.05) is 6.54 Å². The minimum atomic E-state index is -0.496. The van der Waals surface area contributed by atoms with Crippen LogP contribution in [0.5, 0.6) is 0 Å². The van der Waals surface area contributed by atoms with Crippen LogP contribution in [-0.4, -0.2) is 18.2 Å². The Morgan fingerprint density at radius 3 is 2.84 bits per heavy atom. The molecule has 0 unspecified atom stereocenters. The summed E-state index contributed by atoms with van der Waals surface area (Å²) >= 11 is 0. The molecule has 1 amide bonds. The molecule has 0 aromatic heterocycles. The Hall–Kier alpha value is -2.02. The second-order valence-corrected chi connectivity index (χ2v) is 5.68. The van der Waals surface area contributed by atoms with E-state index in [9.17, 15) is 4.79 Å². The largest absolute Gasteiger partial charge is 0.443 e. The van der Waals surface area contributed by atoms with Crippen molar-refractivity contribution in [1.29, 1.82) is 5.26 Å². The first-order valence-corrected chi connectivity index (χ1v) is 6.40. The van der Waals surface area contributed by atoms with E-state index < -0.39 is 5.60 Å². The van der Waals surface area contributed by atoms with Crippen molar-refractivity contribution in [2.75, 3.05) is 11.4 Å². The van der Waals surface area contributed by atoms with Gasteiger partial charge < -0.3 is 4.74 Å². The van der Waals surface area contributed by atoms with Crippen LogP contribution in [0.2, 0.25) is 0 Å². The topological polar surface area (TPSA) is 53.3 Å². The maximum absolute atomic E-state index is 12.1. The minimum absolute atomic E-state index is 0.319. The third-order valence-corrected chi connectivity index (χ3v) is 2.94. The molecule has 2 rings (SSSR count). The Labute approximate surface area is 113 Å². The van der Waals surface area contributed by atoms with Gasteiger partial charge >= 0.3 is 6.09 Å². The van der Waals surface area contributed by atoms with E-state index in [1.165, 1.54) is 0 Å². The monoisotopic (exact) mass is 258 g/mol. The second-order valence-electron chi connectivity index (χ2n) is 5.68. The molecule has 0 N–H and O–H groups in total. The van der Waals surface area contributed by atoms with E-state index in [0.29, 0.717) is 13.0 Å². The van der Waals surface area contributed by atoms with Crippen molar-refractivity contribution in [1.82, 2.24) is 0 Å². The van der Waals surface area contributed by atoms with Crippen LogP contribution in [-0.2, 0) is 17.6 Å². The van der Waals surface area contributed by atoms with E-state index >= 15 is 0 Å². The predicted molar refractivity (Wildman–Crippen MR) is 73.0 cm³/mol. The summed E-state index contributed by atoms with van der Waals surface area (Å²) in [6, 6.07) is 7.97. The molecular weight excluding hydrogens is 240 g/mol. The highest BCUT2D eigenvalue weighted by atomic mass is 16.6. The van der Waals surface area contributed by atoms with Crippen LogP contribution in [0.1, 0.15) is 31.9 Å². The first kappa shape index (κ1) is 13.4. The first-order chi connectivity index (χ1) is 8.90. The average molecular weight is 258 g/mol. The number of carbonyl (C=O) groups is 1. The molecule has 4 nitrogen and oxygen atoms in total. The Bertz CT molecular complexity index is 538. The van der Waals surface area contributed by atoms with E-state index in [1.54, 1.807) is 4.90 Å². The molecule has 100 valence electrons. The summed E-state index contributed by atoms with van der Waals surface area (Å²) in [4.78, 5) is 13.8. The van der Waals surface area contributed by atoms with Gasteiger partial charge in [-0.3, -0.25) is 4.90 Å². The van der Waals surface area contributed by atoms with Crippen molar-refractivity contribution in [3.8, 4) is 6.07 Å². The molecule has 1 aliphatic rings. The molecule has 0 saturated carbocycles. The van der Waals surface area contributed by atoms with E-state index in [-0.39, 0.29) is 6.09 Å². The summed E-state index contributed by atoms with van der Waals surface area (Å²) in [5.41, 5.74) is 2.44. The van der Waals surface area contributed by atoms with Gasteiger partial charge in [0.2, 0.25) is 0 Å². The first-order valence-electron chi connectivity index (χ1n) is 6.40. The fourth-order valence-corrected chi connectivity index (χ4v) is 2.13. The fourth-order valence-electron chi connectivity index (χ4n) is 2.13. The Morgan fingerprint density at radius 2 is 2.21 bits per heavy atom. The lowest BCUT2D eigenvalue weighted by atomic mass is 10.1. The number of hydrogen-bond donors (Lipinski definition) is 0. The van der Waals surface area contributed by atoms with Gasteiger partial charge in [0.1, 0.15) is 5.60 Å². The summed E-state index contributed by atoms with van der Waals surface area (Å²) in [5.74, 6) is 0. The summed E-state index contributed by atoms with van der Waals surface area (Å²) < 4.78 is 5.40. The minimum Gasteiger partial charge on any atom is -0.443 e. The lowest BCUT2D eigenvalue weighted by molar-refractivity contribution is 0.0584. The molecule has 0 spiro atoms. The molecule has 19 heavy (non-hydrogen) atoms. The van der Waals surface area contributed by atoms with Crippen LogP contribution in [0.15, 0.2) is 18.2 Å². The van der Waals surface area contributed by atoms with Crippen molar-refractivity contribution in [2.24, 2.45) is 0 Å². The fraction of sp³-hybridized carbons (Fsp3) is 0.467. The number of nitrogens with zero attached hydrogens (tertiary/aromatic N) is 2. The maximum atomic E-state index is 12.1. The summed E-state index contributed by atoms with van der Waals surface area (Å²) in [6.07, 6.45) is 0.872. The second kappa shape index (κ2) is 4.93. The van der Waals surface area contributed by atoms with Crippen molar-refractivity contribution in [2.45, 2.75) is 39.2 Å². The van der Waals surface area contributed by atoms with Gasteiger partial charge in [-0.2, -0.15) is 5.26 Å². The molecule has 0 fully saturated rings. The van der Waals surface area contributed by atoms with Gasteiger partial charge in [0.25, 0.3) is 0 Å². The van der Waals surface area contributed by atoms with Crippen molar-refractivity contribution >= 4 is 11.8 Å². The zero-order chi connectivity index (χ0) is 14.0. The molecule has 0 aliphatic carbocycles. The van der Waals surface area contributed by atoms with Crippen molar-refractivity contribution in [3.05, 3.63) is 29.3 Å². The third kappa shape index (κ3) is 3.05. The standard InChI is InChI=1S/C15H18N2O2/c1-15(2,3)19-14(18)17-9-7-12-5-4-11(6-8-16)10-13(12)17/h4-5,10H,6-7,9H2,1-3H3. The smallest absolute Gasteiger partial charge is 0.414 e. The molecule has 1 aromatic carbocycles. The maximum Gasteiger partial charge on any atom is 0.414 e. The lowest BCUT2D eigenvalue weighted by Crippen LogP contribution is -2.35. The average Bonchev–Trinajstić information content (AvgIpc) is 2.70. The molecule has 0 atom stereocenters. The van der Waals surface area contributed by atoms with E-state index in [4.69, 9.17) is 10.00 Å². The highest BCUT2D eigenvalue weighted by Gasteiger charge is 2.28. The number of rotatable bonds is 1.